The van der Waals surface area contributed by atoms with Gasteiger partial charge in [-0.3, -0.25) is 4.79 Å². The fourth-order valence-electron chi connectivity index (χ4n) is 1.59. The molecule has 0 spiro atoms. The largest absolute Gasteiger partial charge is 0.469 e. The number of carbonyl (C=O) groups excluding carboxylic acids is 1. The number of nitrogens with zero attached hydrogens (tertiary/aromatic N) is 1. The van der Waals surface area contributed by atoms with E-state index in [9.17, 15) is 13.2 Å². The zero-order valence-electron chi connectivity index (χ0n) is 9.60. The van der Waals surface area contributed by atoms with Crippen LogP contribution < -0.4 is 5.32 Å². The summed E-state index contributed by atoms with van der Waals surface area (Å²) in [5, 5.41) is 3.16. The van der Waals surface area contributed by atoms with Crippen molar-refractivity contribution in [3.63, 3.8) is 0 Å². The summed E-state index contributed by atoms with van der Waals surface area (Å²) >= 11 is 0. The molecule has 0 aromatic heterocycles. The maximum atomic E-state index is 11.8. The van der Waals surface area contributed by atoms with Crippen LogP contribution in [0.5, 0.6) is 0 Å². The summed E-state index contributed by atoms with van der Waals surface area (Å²) in [7, 11) is -2.08. The third-order valence-corrected chi connectivity index (χ3v) is 4.36. The lowest BCUT2D eigenvalue weighted by molar-refractivity contribution is -0.140. The summed E-state index contributed by atoms with van der Waals surface area (Å²) < 4.78 is 29.5. The fourth-order valence-corrected chi connectivity index (χ4v) is 3.10. The van der Waals surface area contributed by atoms with E-state index in [1.54, 1.807) is 0 Å². The molecule has 0 bridgehead atoms. The van der Waals surface area contributed by atoms with Gasteiger partial charge in [0, 0.05) is 25.7 Å². The lowest BCUT2D eigenvalue weighted by Gasteiger charge is -2.30. The van der Waals surface area contributed by atoms with Gasteiger partial charge in [0.25, 0.3) is 0 Å². The third kappa shape index (κ3) is 3.73. The number of carbonyl (C=O) groups is 1. The smallest absolute Gasteiger partial charge is 0.306 e. The average molecular weight is 250 g/mol. The SMILES string of the molecule is COC(=O)CCS(=O)(=O)N1CCNC(C)C1. The predicted molar refractivity (Wildman–Crippen MR) is 59.5 cm³/mol. The molecule has 0 radical (unpaired) electrons. The molecular formula is C9H18N2O4S. The molecule has 1 saturated heterocycles. The van der Waals surface area contributed by atoms with E-state index in [0.717, 1.165) is 0 Å². The molecule has 0 saturated carbocycles. The minimum absolute atomic E-state index is 0.0862. The molecule has 6 nitrogen and oxygen atoms in total. The number of esters is 1. The first-order valence-corrected chi connectivity index (χ1v) is 6.84. The second-order valence-corrected chi connectivity index (χ2v) is 5.94. The monoisotopic (exact) mass is 250 g/mol. The maximum Gasteiger partial charge on any atom is 0.306 e. The number of methoxy groups -OCH3 is 1. The number of rotatable bonds is 4. The van der Waals surface area contributed by atoms with E-state index in [1.807, 2.05) is 6.92 Å². The second kappa shape index (κ2) is 5.60. The van der Waals surface area contributed by atoms with Crippen LogP contribution in [0.15, 0.2) is 0 Å². The third-order valence-electron chi connectivity index (χ3n) is 2.52. The molecule has 1 N–H and O–H groups in total. The molecule has 1 atom stereocenters. The Morgan fingerprint density at radius 3 is 2.81 bits per heavy atom. The molecule has 94 valence electrons. The highest BCUT2D eigenvalue weighted by atomic mass is 32.2. The first-order valence-electron chi connectivity index (χ1n) is 5.23. The van der Waals surface area contributed by atoms with E-state index in [-0.39, 0.29) is 18.2 Å². The lowest BCUT2D eigenvalue weighted by Crippen LogP contribution is -2.51. The summed E-state index contributed by atoms with van der Waals surface area (Å²) in [4.78, 5) is 10.9. The van der Waals surface area contributed by atoms with Crippen LogP contribution in [-0.4, -0.2) is 57.2 Å². The Morgan fingerprint density at radius 2 is 2.25 bits per heavy atom. The molecule has 0 aliphatic carbocycles. The van der Waals surface area contributed by atoms with Crippen LogP contribution in [0.2, 0.25) is 0 Å². The Morgan fingerprint density at radius 1 is 1.56 bits per heavy atom. The molecule has 0 aromatic carbocycles. The summed E-state index contributed by atoms with van der Waals surface area (Å²) in [6, 6.07) is 0.154. The Balaban J connectivity index is 2.52. The van der Waals surface area contributed by atoms with Crippen LogP contribution in [0.3, 0.4) is 0 Å². The van der Waals surface area contributed by atoms with Gasteiger partial charge < -0.3 is 10.1 Å². The van der Waals surface area contributed by atoms with Crippen molar-refractivity contribution >= 4 is 16.0 Å². The van der Waals surface area contributed by atoms with Gasteiger partial charge in [0.2, 0.25) is 10.0 Å². The van der Waals surface area contributed by atoms with Crippen molar-refractivity contribution in [2.24, 2.45) is 0 Å². The van der Waals surface area contributed by atoms with E-state index < -0.39 is 16.0 Å². The second-order valence-electron chi connectivity index (χ2n) is 3.86. The maximum absolute atomic E-state index is 11.8. The van der Waals surface area contributed by atoms with Crippen LogP contribution in [0, 0.1) is 0 Å². The van der Waals surface area contributed by atoms with Crippen LogP contribution >= 0.6 is 0 Å². The molecule has 1 aliphatic rings. The average Bonchev–Trinajstić information content (AvgIpc) is 2.26. The van der Waals surface area contributed by atoms with Gasteiger partial charge in [-0.2, -0.15) is 4.31 Å². The van der Waals surface area contributed by atoms with Crippen molar-refractivity contribution in [3.05, 3.63) is 0 Å². The molecule has 1 heterocycles. The first kappa shape index (κ1) is 13.4. The molecule has 7 heteroatoms. The lowest BCUT2D eigenvalue weighted by atomic mass is 10.3. The molecule has 1 fully saturated rings. The number of piperazine rings is 1. The van der Waals surface area contributed by atoms with Crippen LogP contribution in [0.25, 0.3) is 0 Å². The van der Waals surface area contributed by atoms with Crippen molar-refractivity contribution in [2.45, 2.75) is 19.4 Å². The minimum atomic E-state index is -3.33. The van der Waals surface area contributed by atoms with Gasteiger partial charge in [-0.15, -0.1) is 0 Å². The van der Waals surface area contributed by atoms with Crippen molar-refractivity contribution < 1.29 is 17.9 Å². The molecule has 16 heavy (non-hydrogen) atoms. The number of hydrogen-bond acceptors (Lipinski definition) is 5. The van der Waals surface area contributed by atoms with Crippen molar-refractivity contribution in [2.75, 3.05) is 32.5 Å². The number of ether oxygens (including phenoxy) is 1. The normalized spacial score (nSPS) is 23.0. The summed E-state index contributed by atoms with van der Waals surface area (Å²) in [5.41, 5.74) is 0. The zero-order valence-corrected chi connectivity index (χ0v) is 10.4. The van der Waals surface area contributed by atoms with Crippen LogP contribution in [0.4, 0.5) is 0 Å². The molecule has 0 aromatic rings. The molecule has 1 unspecified atom stereocenters. The van der Waals surface area contributed by atoms with Crippen molar-refractivity contribution in [3.8, 4) is 0 Å². The van der Waals surface area contributed by atoms with Gasteiger partial charge >= 0.3 is 5.97 Å². The number of sulfonamides is 1. The number of hydrogen-bond donors (Lipinski definition) is 1. The van der Waals surface area contributed by atoms with E-state index in [1.165, 1.54) is 11.4 Å². The molecule has 0 amide bonds. The van der Waals surface area contributed by atoms with E-state index in [2.05, 4.69) is 10.1 Å². The number of nitrogens with one attached hydrogen (secondary N) is 1. The summed E-state index contributed by atoms with van der Waals surface area (Å²) in [5.74, 6) is -0.668. The molecule has 1 rings (SSSR count). The Bertz CT molecular complexity index is 341. The quantitative estimate of drug-likeness (QED) is 0.659. The van der Waals surface area contributed by atoms with Gasteiger partial charge in [0.05, 0.1) is 19.3 Å². The van der Waals surface area contributed by atoms with Crippen molar-refractivity contribution in [1.29, 1.82) is 0 Å². The van der Waals surface area contributed by atoms with E-state index in [4.69, 9.17) is 0 Å². The highest BCUT2D eigenvalue weighted by molar-refractivity contribution is 7.89. The predicted octanol–water partition coefficient (Wildman–Crippen LogP) is -0.827. The van der Waals surface area contributed by atoms with E-state index >= 15 is 0 Å². The van der Waals surface area contributed by atoms with Gasteiger partial charge in [-0.25, -0.2) is 8.42 Å². The van der Waals surface area contributed by atoms with Crippen molar-refractivity contribution in [1.82, 2.24) is 9.62 Å². The highest BCUT2D eigenvalue weighted by Crippen LogP contribution is 2.08. The Labute approximate surface area is 96.0 Å². The van der Waals surface area contributed by atoms with Crippen LogP contribution in [0.1, 0.15) is 13.3 Å². The van der Waals surface area contributed by atoms with Gasteiger partial charge in [0.1, 0.15) is 0 Å². The van der Waals surface area contributed by atoms with Gasteiger partial charge in [-0.1, -0.05) is 0 Å². The fraction of sp³-hybridized carbons (Fsp3) is 0.889. The molecular weight excluding hydrogens is 232 g/mol. The van der Waals surface area contributed by atoms with Gasteiger partial charge in [-0.05, 0) is 6.92 Å². The Kier molecular flexibility index (Phi) is 4.69. The van der Waals surface area contributed by atoms with Crippen LogP contribution in [-0.2, 0) is 19.6 Å². The molecule has 1 aliphatic heterocycles. The van der Waals surface area contributed by atoms with Gasteiger partial charge in [0.15, 0.2) is 0 Å². The van der Waals surface area contributed by atoms with E-state index in [0.29, 0.717) is 19.6 Å². The Hall–Kier alpha value is -0.660. The topological polar surface area (TPSA) is 75.7 Å². The first-order chi connectivity index (χ1) is 7.45. The minimum Gasteiger partial charge on any atom is -0.469 e. The highest BCUT2D eigenvalue weighted by Gasteiger charge is 2.27. The standard InChI is InChI=1S/C9H18N2O4S/c1-8-7-11(5-4-10-8)16(13,14)6-3-9(12)15-2/h8,10H,3-7H2,1-2H3. The summed E-state index contributed by atoms with van der Waals surface area (Å²) in [6.07, 6.45) is -0.0862. The summed E-state index contributed by atoms with van der Waals surface area (Å²) in [6.45, 7) is 3.51. The zero-order chi connectivity index (χ0) is 12.2.